The van der Waals surface area contributed by atoms with Crippen LogP contribution in [0.3, 0.4) is 0 Å². The Hall–Kier alpha value is -2.48. The van der Waals surface area contributed by atoms with Gasteiger partial charge in [-0.05, 0) is 12.1 Å². The highest BCUT2D eigenvalue weighted by atomic mass is 16.5. The molecule has 0 aliphatic rings. The lowest BCUT2D eigenvalue weighted by Gasteiger charge is -2.02. The minimum absolute atomic E-state index is 0.139. The predicted octanol–water partition coefficient (Wildman–Crippen LogP) is 1.42. The van der Waals surface area contributed by atoms with Crippen LogP contribution in [0.25, 0.3) is 11.3 Å². The van der Waals surface area contributed by atoms with E-state index in [0.717, 1.165) is 5.56 Å². The van der Waals surface area contributed by atoms with Gasteiger partial charge in [-0.15, -0.1) is 0 Å². The van der Waals surface area contributed by atoms with Crippen molar-refractivity contribution in [2.75, 3.05) is 7.11 Å². The highest BCUT2D eigenvalue weighted by molar-refractivity contribution is 5.59. The van der Waals surface area contributed by atoms with Gasteiger partial charge in [0.25, 0.3) is 0 Å². The molecule has 0 radical (unpaired) electrons. The van der Waals surface area contributed by atoms with E-state index in [2.05, 4.69) is 15.0 Å². The Labute approximate surface area is 92.4 Å². The molecule has 78 valence electrons. The number of ether oxygens (including phenoxy) is 1. The van der Waals surface area contributed by atoms with Crippen LogP contribution in [0.15, 0.2) is 30.7 Å². The average Bonchev–Trinajstić information content (AvgIpc) is 2.39. The van der Waals surface area contributed by atoms with Crippen LogP contribution in [0.1, 0.15) is 5.82 Å². The van der Waals surface area contributed by atoms with E-state index in [-0.39, 0.29) is 5.82 Å². The number of nitrogens with zero attached hydrogens (tertiary/aromatic N) is 4. The summed E-state index contributed by atoms with van der Waals surface area (Å²) >= 11 is 0. The van der Waals surface area contributed by atoms with E-state index in [4.69, 9.17) is 10.00 Å². The summed E-state index contributed by atoms with van der Waals surface area (Å²) in [5.41, 5.74) is 1.44. The summed E-state index contributed by atoms with van der Waals surface area (Å²) in [5, 5.41) is 8.69. The van der Waals surface area contributed by atoms with E-state index in [1.165, 1.54) is 0 Å². The predicted molar refractivity (Wildman–Crippen MR) is 56.5 cm³/mol. The van der Waals surface area contributed by atoms with Gasteiger partial charge in [-0.3, -0.25) is 4.98 Å². The Morgan fingerprint density at radius 2 is 2.25 bits per heavy atom. The van der Waals surface area contributed by atoms with Gasteiger partial charge in [0, 0.05) is 18.0 Å². The Balaban J connectivity index is 2.46. The normalized spacial score (nSPS) is 9.50. The summed E-state index contributed by atoms with van der Waals surface area (Å²) < 4.78 is 5.06. The van der Waals surface area contributed by atoms with Crippen LogP contribution in [-0.4, -0.2) is 22.1 Å². The van der Waals surface area contributed by atoms with Crippen molar-refractivity contribution in [2.45, 2.75) is 0 Å². The Morgan fingerprint density at radius 1 is 1.38 bits per heavy atom. The quantitative estimate of drug-likeness (QED) is 0.752. The summed E-state index contributed by atoms with van der Waals surface area (Å²) in [7, 11) is 1.57. The van der Waals surface area contributed by atoms with E-state index in [1.807, 2.05) is 6.07 Å². The smallest absolute Gasteiger partial charge is 0.232 e. The first kappa shape index (κ1) is 10.1. The number of aromatic nitrogens is 3. The number of rotatable bonds is 2. The fourth-order valence-corrected chi connectivity index (χ4v) is 1.24. The molecule has 5 heteroatoms. The molecule has 0 bridgehead atoms. The van der Waals surface area contributed by atoms with Crippen molar-refractivity contribution in [2.24, 2.45) is 0 Å². The number of pyridine rings is 1. The maximum Gasteiger partial charge on any atom is 0.232 e. The van der Waals surface area contributed by atoms with Crippen molar-refractivity contribution in [1.82, 2.24) is 15.0 Å². The summed E-state index contributed by atoms with van der Waals surface area (Å²) in [6, 6.07) is 5.41. The van der Waals surface area contributed by atoms with Gasteiger partial charge in [-0.2, -0.15) is 5.26 Å². The minimum atomic E-state index is 0.139. The first-order valence-electron chi connectivity index (χ1n) is 4.56. The van der Waals surface area contributed by atoms with E-state index in [9.17, 15) is 0 Å². The van der Waals surface area contributed by atoms with Crippen LogP contribution in [0.2, 0.25) is 0 Å². The summed E-state index contributed by atoms with van der Waals surface area (Å²) in [6.07, 6.45) is 4.81. The molecule has 0 spiro atoms. The third kappa shape index (κ3) is 1.96. The molecule has 0 fully saturated rings. The standard InChI is InChI=1S/C11H8N4O/c1-16-9-4-8(6-13-7-9)10-2-3-14-11(5-12)15-10/h2-4,6-7H,1H3. The van der Waals surface area contributed by atoms with Crippen molar-refractivity contribution >= 4 is 0 Å². The van der Waals surface area contributed by atoms with Gasteiger partial charge in [-0.1, -0.05) is 0 Å². The largest absolute Gasteiger partial charge is 0.495 e. The van der Waals surface area contributed by atoms with Crippen molar-refractivity contribution in [3.8, 4) is 23.1 Å². The van der Waals surface area contributed by atoms with Crippen molar-refractivity contribution in [3.05, 3.63) is 36.5 Å². The fourth-order valence-electron chi connectivity index (χ4n) is 1.24. The Bertz CT molecular complexity index is 548. The first-order chi connectivity index (χ1) is 7.83. The van der Waals surface area contributed by atoms with E-state index < -0.39 is 0 Å². The number of nitriles is 1. The third-order valence-corrected chi connectivity index (χ3v) is 2.00. The van der Waals surface area contributed by atoms with Gasteiger partial charge in [0.1, 0.15) is 11.8 Å². The number of methoxy groups -OCH3 is 1. The lowest BCUT2D eigenvalue weighted by Crippen LogP contribution is -1.92. The van der Waals surface area contributed by atoms with Gasteiger partial charge in [-0.25, -0.2) is 9.97 Å². The third-order valence-electron chi connectivity index (χ3n) is 2.00. The van der Waals surface area contributed by atoms with Gasteiger partial charge in [0.05, 0.1) is 19.0 Å². The molecule has 2 aromatic rings. The van der Waals surface area contributed by atoms with E-state index in [0.29, 0.717) is 11.4 Å². The molecule has 0 aliphatic heterocycles. The van der Waals surface area contributed by atoms with Gasteiger partial charge in [0.15, 0.2) is 0 Å². The lowest BCUT2D eigenvalue weighted by molar-refractivity contribution is 0.413. The zero-order valence-corrected chi connectivity index (χ0v) is 8.58. The van der Waals surface area contributed by atoms with Crippen LogP contribution < -0.4 is 4.74 Å². The van der Waals surface area contributed by atoms with E-state index in [1.54, 1.807) is 37.8 Å². The second-order valence-corrected chi connectivity index (χ2v) is 2.99. The molecule has 0 N–H and O–H groups in total. The monoisotopic (exact) mass is 212 g/mol. The molecule has 0 saturated carbocycles. The zero-order chi connectivity index (χ0) is 11.4. The molecule has 5 nitrogen and oxygen atoms in total. The molecule has 2 aromatic heterocycles. The molecule has 0 aromatic carbocycles. The van der Waals surface area contributed by atoms with Gasteiger partial charge in [0.2, 0.25) is 5.82 Å². The number of hydrogen-bond donors (Lipinski definition) is 0. The topological polar surface area (TPSA) is 71.7 Å². The van der Waals surface area contributed by atoms with Crippen LogP contribution in [0.5, 0.6) is 5.75 Å². The Kier molecular flexibility index (Phi) is 2.74. The maximum absolute atomic E-state index is 8.69. The maximum atomic E-state index is 8.69. The molecule has 0 aliphatic carbocycles. The fraction of sp³-hybridized carbons (Fsp3) is 0.0909. The SMILES string of the molecule is COc1cncc(-c2ccnc(C#N)n2)c1. The van der Waals surface area contributed by atoms with Crippen molar-refractivity contribution < 1.29 is 4.74 Å². The molecular weight excluding hydrogens is 204 g/mol. The van der Waals surface area contributed by atoms with Crippen LogP contribution >= 0.6 is 0 Å². The van der Waals surface area contributed by atoms with Gasteiger partial charge >= 0.3 is 0 Å². The molecule has 0 unspecified atom stereocenters. The zero-order valence-electron chi connectivity index (χ0n) is 8.58. The second-order valence-electron chi connectivity index (χ2n) is 2.99. The van der Waals surface area contributed by atoms with Crippen molar-refractivity contribution in [3.63, 3.8) is 0 Å². The summed E-state index contributed by atoms with van der Waals surface area (Å²) in [5.74, 6) is 0.787. The van der Waals surface area contributed by atoms with Crippen LogP contribution in [0.4, 0.5) is 0 Å². The van der Waals surface area contributed by atoms with Gasteiger partial charge < -0.3 is 4.74 Å². The highest BCUT2D eigenvalue weighted by Crippen LogP contribution is 2.19. The Morgan fingerprint density at radius 3 is 3.00 bits per heavy atom. The molecule has 0 amide bonds. The van der Waals surface area contributed by atoms with Crippen LogP contribution in [0, 0.1) is 11.3 Å². The first-order valence-corrected chi connectivity index (χ1v) is 4.56. The highest BCUT2D eigenvalue weighted by Gasteiger charge is 2.03. The van der Waals surface area contributed by atoms with Crippen molar-refractivity contribution in [1.29, 1.82) is 5.26 Å². The molecule has 16 heavy (non-hydrogen) atoms. The molecule has 2 heterocycles. The average molecular weight is 212 g/mol. The molecule has 2 rings (SSSR count). The summed E-state index contributed by atoms with van der Waals surface area (Å²) in [4.78, 5) is 11.9. The lowest BCUT2D eigenvalue weighted by atomic mass is 10.2. The molecule has 0 atom stereocenters. The second kappa shape index (κ2) is 4.36. The summed E-state index contributed by atoms with van der Waals surface area (Å²) in [6.45, 7) is 0. The molecular formula is C11H8N4O. The van der Waals surface area contributed by atoms with Crippen LogP contribution in [-0.2, 0) is 0 Å². The minimum Gasteiger partial charge on any atom is -0.495 e. The molecule has 0 saturated heterocycles. The van der Waals surface area contributed by atoms with E-state index >= 15 is 0 Å². The number of hydrogen-bond acceptors (Lipinski definition) is 5.